The molecule has 4 aliphatic rings. The molecule has 14 heteroatoms. The van der Waals surface area contributed by atoms with Gasteiger partial charge in [0.05, 0.1) is 49.6 Å². The lowest BCUT2D eigenvalue weighted by Crippen LogP contribution is -2.47. The normalized spacial score (nSPS) is 28.0. The summed E-state index contributed by atoms with van der Waals surface area (Å²) in [6.07, 6.45) is -2.41. The predicted octanol–water partition coefficient (Wildman–Crippen LogP) is 4.48. The van der Waals surface area contributed by atoms with E-state index in [9.17, 15) is 13.2 Å². The first-order valence-corrected chi connectivity index (χ1v) is 14.3. The smallest absolute Gasteiger partial charge is 0.377 e. The largest absolute Gasteiger partial charge is 0.425 e. The van der Waals surface area contributed by atoms with Crippen LogP contribution in [-0.4, -0.2) is 88.4 Å². The lowest BCUT2D eigenvalue weighted by molar-refractivity contribution is -0.183. The van der Waals surface area contributed by atoms with Gasteiger partial charge in [0.1, 0.15) is 17.7 Å². The maximum absolute atomic E-state index is 15.3. The molecule has 4 saturated heterocycles. The minimum absolute atomic E-state index is 0.0383. The van der Waals surface area contributed by atoms with Crippen molar-refractivity contribution >= 4 is 22.5 Å². The molecule has 0 radical (unpaired) electrons. The Morgan fingerprint density at radius 3 is 2.49 bits per heavy atom. The van der Waals surface area contributed by atoms with Gasteiger partial charge in [-0.2, -0.15) is 28.1 Å². The zero-order valence-corrected chi connectivity index (χ0v) is 22.8. The maximum atomic E-state index is 15.3. The highest BCUT2D eigenvalue weighted by Gasteiger charge is 2.46. The van der Waals surface area contributed by atoms with Crippen molar-refractivity contribution in [3.05, 3.63) is 24.0 Å². The van der Waals surface area contributed by atoms with E-state index in [1.165, 1.54) is 4.68 Å². The second-order valence-corrected chi connectivity index (χ2v) is 11.3. The summed E-state index contributed by atoms with van der Waals surface area (Å²) in [7, 11) is 0. The van der Waals surface area contributed by atoms with Crippen LogP contribution in [0.2, 0.25) is 0 Å². The second kappa shape index (κ2) is 10.4. The average Bonchev–Trinajstić information content (AvgIpc) is 3.66. The fourth-order valence-corrected chi connectivity index (χ4v) is 6.58. The van der Waals surface area contributed by atoms with Gasteiger partial charge in [-0.3, -0.25) is 0 Å². The molecule has 10 nitrogen and oxygen atoms in total. The van der Waals surface area contributed by atoms with Gasteiger partial charge < -0.3 is 24.0 Å². The Morgan fingerprint density at radius 2 is 1.78 bits per heavy atom. The van der Waals surface area contributed by atoms with Crippen molar-refractivity contribution in [2.24, 2.45) is 0 Å². The summed E-state index contributed by atoms with van der Waals surface area (Å²) in [5, 5.41) is 8.90. The highest BCUT2D eigenvalue weighted by Crippen LogP contribution is 2.44. The summed E-state index contributed by atoms with van der Waals surface area (Å²) in [6, 6.07) is 3.52. The minimum atomic E-state index is -5.14. The number of hydrogen-bond donors (Lipinski definition) is 0. The third-order valence-corrected chi connectivity index (χ3v) is 8.60. The van der Waals surface area contributed by atoms with E-state index < -0.39 is 18.0 Å². The lowest BCUT2D eigenvalue weighted by atomic mass is 10.1. The van der Waals surface area contributed by atoms with Gasteiger partial charge in [-0.05, 0) is 39.0 Å². The number of ether oxygens (including phenoxy) is 3. The van der Waals surface area contributed by atoms with E-state index in [-0.39, 0.29) is 41.2 Å². The first-order chi connectivity index (χ1) is 19.8. The van der Waals surface area contributed by atoms with Gasteiger partial charge >= 0.3 is 6.18 Å². The van der Waals surface area contributed by atoms with E-state index in [1.54, 1.807) is 23.0 Å². The van der Waals surface area contributed by atoms with Gasteiger partial charge in [-0.25, -0.2) is 14.1 Å². The molecular weight excluding hydrogens is 546 g/mol. The van der Waals surface area contributed by atoms with Crippen LogP contribution in [0.15, 0.2) is 18.3 Å². The molecule has 3 aromatic heterocycles. The number of alkyl halides is 4. The van der Waals surface area contributed by atoms with Crippen LogP contribution in [0.5, 0.6) is 0 Å². The number of pyridine rings is 1. The number of halogens is 4. The number of nitrogens with zero attached hydrogens (tertiary/aromatic N) is 7. The van der Waals surface area contributed by atoms with Crippen LogP contribution in [0.25, 0.3) is 16.9 Å². The van der Waals surface area contributed by atoms with Crippen molar-refractivity contribution in [3.8, 4) is 5.82 Å². The SMILES string of the molecule is C[C@@H]1COCCN1c1cc(N2C3CCC2COC3)nc2c1c(C(F)C(F)(F)F)nn2-c1ccn(C2CCCCO2)n1. The van der Waals surface area contributed by atoms with Gasteiger partial charge in [0.2, 0.25) is 6.17 Å². The molecule has 4 fully saturated rings. The number of fused-ring (bicyclic) bond motifs is 3. The van der Waals surface area contributed by atoms with E-state index in [0.29, 0.717) is 51.1 Å². The number of hydrogen-bond acceptors (Lipinski definition) is 8. The molecule has 222 valence electrons. The summed E-state index contributed by atoms with van der Waals surface area (Å²) in [4.78, 5) is 9.09. The molecule has 4 unspecified atom stereocenters. The highest BCUT2D eigenvalue weighted by molar-refractivity contribution is 5.95. The molecule has 0 spiro atoms. The van der Waals surface area contributed by atoms with Crippen molar-refractivity contribution in [1.29, 1.82) is 0 Å². The molecule has 4 aliphatic heterocycles. The van der Waals surface area contributed by atoms with E-state index in [2.05, 4.69) is 15.1 Å². The average molecular weight is 580 g/mol. The van der Waals surface area contributed by atoms with Crippen LogP contribution >= 0.6 is 0 Å². The van der Waals surface area contributed by atoms with Gasteiger partial charge in [-0.15, -0.1) is 0 Å². The number of aromatic nitrogens is 5. The van der Waals surface area contributed by atoms with Crippen molar-refractivity contribution in [3.63, 3.8) is 0 Å². The predicted molar refractivity (Wildman–Crippen MR) is 141 cm³/mol. The topological polar surface area (TPSA) is 82.7 Å². The van der Waals surface area contributed by atoms with E-state index in [1.807, 2.05) is 11.8 Å². The summed E-state index contributed by atoms with van der Waals surface area (Å²) in [5.41, 5.74) is -0.109. The number of anilines is 2. The molecule has 3 aromatic rings. The van der Waals surface area contributed by atoms with Crippen molar-refractivity contribution < 1.29 is 31.8 Å². The minimum Gasteiger partial charge on any atom is -0.377 e. The molecule has 0 saturated carbocycles. The van der Waals surface area contributed by atoms with Crippen molar-refractivity contribution in [2.75, 3.05) is 49.4 Å². The molecule has 7 heterocycles. The molecule has 5 atom stereocenters. The van der Waals surface area contributed by atoms with Crippen molar-refractivity contribution in [2.45, 2.75) is 75.7 Å². The molecule has 0 N–H and O–H groups in total. The number of rotatable bonds is 5. The fourth-order valence-electron chi connectivity index (χ4n) is 6.58. The Morgan fingerprint density at radius 1 is 0.976 bits per heavy atom. The van der Waals surface area contributed by atoms with Gasteiger partial charge in [0.25, 0.3) is 0 Å². The van der Waals surface area contributed by atoms with Crippen LogP contribution in [0.4, 0.5) is 29.1 Å². The Labute approximate surface area is 234 Å². The maximum Gasteiger partial charge on any atom is 0.425 e. The Kier molecular flexibility index (Phi) is 6.81. The summed E-state index contributed by atoms with van der Waals surface area (Å²) >= 11 is 0. The molecule has 0 aliphatic carbocycles. The van der Waals surface area contributed by atoms with E-state index in [4.69, 9.17) is 19.2 Å². The third kappa shape index (κ3) is 4.73. The van der Waals surface area contributed by atoms with Crippen LogP contribution < -0.4 is 9.80 Å². The first-order valence-electron chi connectivity index (χ1n) is 14.3. The molecule has 0 amide bonds. The monoisotopic (exact) mass is 579 g/mol. The molecule has 7 rings (SSSR count). The number of morpholine rings is 2. The lowest BCUT2D eigenvalue weighted by Gasteiger charge is -2.38. The quantitative estimate of drug-likeness (QED) is 0.410. The summed E-state index contributed by atoms with van der Waals surface area (Å²) in [6.45, 7) is 4.90. The molecule has 0 aromatic carbocycles. The molecular formula is C27H33F4N7O3. The van der Waals surface area contributed by atoms with Gasteiger partial charge in [0.15, 0.2) is 11.5 Å². The highest BCUT2D eigenvalue weighted by atomic mass is 19.4. The standard InChI is InChI=1S/C27H33F4N7O3/c1-16-13-39-11-9-35(16)19-12-21(37-17-5-6-18(37)15-40-14-17)32-26-23(19)24(25(28)27(29,30)31)34-38(26)20-7-8-36(33-20)22-4-2-3-10-41-22/h7-8,12,16-18,22,25H,2-6,9-11,13-15H2,1H3/t16-,17?,18?,22?,25?/m1/s1. The Hall–Kier alpha value is -2.97. The van der Waals surface area contributed by atoms with Gasteiger partial charge in [-0.1, -0.05) is 0 Å². The van der Waals surface area contributed by atoms with Crippen LogP contribution in [-0.2, 0) is 14.2 Å². The van der Waals surface area contributed by atoms with E-state index in [0.717, 1.165) is 32.1 Å². The van der Waals surface area contributed by atoms with Crippen LogP contribution in [0, 0.1) is 0 Å². The fraction of sp³-hybridized carbons (Fsp3) is 0.667. The first kappa shape index (κ1) is 26.9. The molecule has 2 bridgehead atoms. The van der Waals surface area contributed by atoms with Crippen molar-refractivity contribution in [1.82, 2.24) is 24.5 Å². The van der Waals surface area contributed by atoms with Gasteiger partial charge in [0, 0.05) is 37.5 Å². The van der Waals surface area contributed by atoms with Crippen LogP contribution in [0.1, 0.15) is 57.1 Å². The Bertz CT molecular complexity index is 1390. The van der Waals surface area contributed by atoms with E-state index >= 15 is 4.39 Å². The zero-order valence-electron chi connectivity index (χ0n) is 22.8. The summed E-state index contributed by atoms with van der Waals surface area (Å²) < 4.78 is 77.2. The summed E-state index contributed by atoms with van der Waals surface area (Å²) in [5.74, 6) is 0.868. The molecule has 41 heavy (non-hydrogen) atoms. The zero-order chi connectivity index (χ0) is 28.3. The van der Waals surface area contributed by atoms with Crippen LogP contribution in [0.3, 0.4) is 0 Å². The third-order valence-electron chi connectivity index (χ3n) is 8.60. The second-order valence-electron chi connectivity index (χ2n) is 11.3. The Balaban J connectivity index is 1.44.